The summed E-state index contributed by atoms with van der Waals surface area (Å²) in [7, 11) is 0. The number of aromatic nitrogens is 4. The van der Waals surface area contributed by atoms with Crippen LogP contribution in [0.1, 0.15) is 10.5 Å². The molecule has 3 aromatic heterocycles. The molecule has 2 N–H and O–H groups in total. The topological polar surface area (TPSA) is 83.6 Å². The lowest BCUT2D eigenvalue weighted by atomic mass is 10.3. The number of carbonyl (C=O) groups is 1. The second kappa shape index (κ2) is 4.67. The number of rotatable bonds is 3. The highest BCUT2D eigenvalue weighted by atomic mass is 32.1. The molecule has 3 aromatic rings. The molecule has 8 heteroatoms. The Morgan fingerprint density at radius 3 is 3.06 bits per heavy atom. The van der Waals surface area contributed by atoms with Crippen LogP contribution in [0.5, 0.6) is 0 Å². The standard InChI is InChI=1S/C10H7N5OS2/c16-8(14-10-11-5-12-15-10)7-4-18-9(13-7)6-1-2-17-3-6/h1-5H,(H2,11,12,14,15,16). The van der Waals surface area contributed by atoms with Crippen molar-refractivity contribution >= 4 is 34.5 Å². The molecule has 0 radical (unpaired) electrons. The fourth-order valence-electron chi connectivity index (χ4n) is 1.33. The van der Waals surface area contributed by atoms with Crippen LogP contribution in [0.4, 0.5) is 5.95 Å². The Hall–Kier alpha value is -2.06. The van der Waals surface area contributed by atoms with E-state index >= 15 is 0 Å². The summed E-state index contributed by atoms with van der Waals surface area (Å²) in [6.45, 7) is 0. The fourth-order valence-corrected chi connectivity index (χ4v) is 2.85. The highest BCUT2D eigenvalue weighted by Crippen LogP contribution is 2.25. The third-order valence-electron chi connectivity index (χ3n) is 2.15. The molecule has 90 valence electrons. The maximum Gasteiger partial charge on any atom is 0.277 e. The van der Waals surface area contributed by atoms with Crippen LogP contribution in [-0.2, 0) is 0 Å². The molecular weight excluding hydrogens is 270 g/mol. The van der Waals surface area contributed by atoms with Crippen molar-refractivity contribution in [1.29, 1.82) is 0 Å². The van der Waals surface area contributed by atoms with Gasteiger partial charge in [-0.2, -0.15) is 21.4 Å². The van der Waals surface area contributed by atoms with Gasteiger partial charge in [0.1, 0.15) is 17.0 Å². The predicted octanol–water partition coefficient (Wildman–Crippen LogP) is 2.24. The average molecular weight is 277 g/mol. The average Bonchev–Trinajstić information content (AvgIpc) is 3.11. The number of amides is 1. The van der Waals surface area contributed by atoms with Gasteiger partial charge in [-0.3, -0.25) is 10.1 Å². The first-order valence-corrected chi connectivity index (χ1v) is 6.80. The number of aromatic amines is 1. The normalized spacial score (nSPS) is 10.4. The molecule has 0 saturated carbocycles. The highest BCUT2D eigenvalue weighted by Gasteiger charge is 2.13. The number of H-pyrrole nitrogens is 1. The largest absolute Gasteiger partial charge is 0.289 e. The van der Waals surface area contributed by atoms with E-state index in [1.807, 2.05) is 16.8 Å². The second-order valence-corrected chi connectivity index (χ2v) is 4.98. The van der Waals surface area contributed by atoms with Gasteiger partial charge in [0.05, 0.1) is 0 Å². The minimum absolute atomic E-state index is 0.301. The quantitative estimate of drug-likeness (QED) is 0.769. The van der Waals surface area contributed by atoms with Gasteiger partial charge in [0, 0.05) is 16.3 Å². The Kier molecular flexibility index (Phi) is 2.87. The number of hydrogen-bond acceptors (Lipinski definition) is 6. The molecule has 0 aliphatic heterocycles. The van der Waals surface area contributed by atoms with Gasteiger partial charge in [0.2, 0.25) is 5.95 Å². The van der Waals surface area contributed by atoms with Crippen molar-refractivity contribution < 1.29 is 4.79 Å². The Morgan fingerprint density at radius 1 is 1.39 bits per heavy atom. The summed E-state index contributed by atoms with van der Waals surface area (Å²) in [5.41, 5.74) is 1.40. The molecular formula is C10H7N5OS2. The van der Waals surface area contributed by atoms with Crippen molar-refractivity contribution in [2.24, 2.45) is 0 Å². The maximum atomic E-state index is 11.8. The van der Waals surface area contributed by atoms with Gasteiger partial charge in [-0.1, -0.05) is 0 Å². The number of carbonyl (C=O) groups excluding carboxylic acids is 1. The highest BCUT2D eigenvalue weighted by molar-refractivity contribution is 7.14. The summed E-state index contributed by atoms with van der Waals surface area (Å²) in [5, 5.41) is 15.3. The molecule has 0 aliphatic rings. The van der Waals surface area contributed by atoms with Crippen molar-refractivity contribution in [3.8, 4) is 10.6 Å². The van der Waals surface area contributed by atoms with Gasteiger partial charge >= 0.3 is 0 Å². The zero-order valence-electron chi connectivity index (χ0n) is 8.95. The van der Waals surface area contributed by atoms with Crippen molar-refractivity contribution in [1.82, 2.24) is 20.2 Å². The molecule has 6 nitrogen and oxygen atoms in total. The summed E-state index contributed by atoms with van der Waals surface area (Å²) in [6, 6.07) is 1.97. The number of anilines is 1. The van der Waals surface area contributed by atoms with E-state index in [-0.39, 0.29) is 5.91 Å². The minimum atomic E-state index is -0.301. The first-order chi connectivity index (χ1) is 8.83. The summed E-state index contributed by atoms with van der Waals surface area (Å²) in [5.74, 6) is 0.00885. The number of hydrogen-bond donors (Lipinski definition) is 2. The maximum absolute atomic E-state index is 11.8. The van der Waals surface area contributed by atoms with E-state index in [1.165, 1.54) is 17.7 Å². The molecule has 0 saturated heterocycles. The lowest BCUT2D eigenvalue weighted by molar-refractivity contribution is 0.102. The van der Waals surface area contributed by atoms with Crippen LogP contribution in [0.25, 0.3) is 10.6 Å². The molecule has 3 heterocycles. The van der Waals surface area contributed by atoms with Crippen molar-refractivity contribution in [2.75, 3.05) is 5.32 Å². The molecule has 0 unspecified atom stereocenters. The zero-order valence-corrected chi connectivity index (χ0v) is 10.6. The molecule has 0 bridgehead atoms. The van der Waals surface area contributed by atoms with Gasteiger partial charge in [0.25, 0.3) is 5.91 Å². The molecule has 0 aliphatic carbocycles. The zero-order chi connectivity index (χ0) is 12.4. The Morgan fingerprint density at radius 2 is 2.33 bits per heavy atom. The first-order valence-electron chi connectivity index (χ1n) is 4.98. The van der Waals surface area contributed by atoms with E-state index in [0.29, 0.717) is 11.6 Å². The predicted molar refractivity (Wildman–Crippen MR) is 69.8 cm³/mol. The Labute approximate surface area is 110 Å². The number of thiophene rings is 1. The number of thiazole rings is 1. The third-order valence-corrected chi connectivity index (χ3v) is 3.73. The molecule has 0 fully saturated rings. The van der Waals surface area contributed by atoms with Gasteiger partial charge in [-0.05, 0) is 11.4 Å². The monoisotopic (exact) mass is 277 g/mol. The molecule has 0 spiro atoms. The smallest absolute Gasteiger partial charge is 0.277 e. The van der Waals surface area contributed by atoms with E-state index in [4.69, 9.17) is 0 Å². The summed E-state index contributed by atoms with van der Waals surface area (Å²) < 4.78 is 0. The lowest BCUT2D eigenvalue weighted by Crippen LogP contribution is -2.13. The van der Waals surface area contributed by atoms with Gasteiger partial charge in [-0.25, -0.2) is 10.1 Å². The molecule has 0 atom stereocenters. The van der Waals surface area contributed by atoms with Crippen molar-refractivity contribution in [2.45, 2.75) is 0 Å². The van der Waals surface area contributed by atoms with Crippen molar-refractivity contribution in [3.05, 3.63) is 34.2 Å². The Balaban J connectivity index is 1.79. The van der Waals surface area contributed by atoms with Crippen LogP contribution in [0.3, 0.4) is 0 Å². The van der Waals surface area contributed by atoms with E-state index in [2.05, 4.69) is 25.5 Å². The molecule has 3 rings (SSSR count). The Bertz CT molecular complexity index is 644. The van der Waals surface area contributed by atoms with Crippen LogP contribution in [0.15, 0.2) is 28.5 Å². The first kappa shape index (κ1) is 11.1. The van der Waals surface area contributed by atoms with Crippen LogP contribution >= 0.6 is 22.7 Å². The molecule has 0 aromatic carbocycles. The minimum Gasteiger partial charge on any atom is -0.289 e. The van der Waals surface area contributed by atoms with Crippen molar-refractivity contribution in [3.63, 3.8) is 0 Å². The van der Waals surface area contributed by atoms with Crippen LogP contribution in [0, 0.1) is 0 Å². The van der Waals surface area contributed by atoms with Gasteiger partial charge < -0.3 is 0 Å². The van der Waals surface area contributed by atoms with Gasteiger partial charge in [0.15, 0.2) is 0 Å². The van der Waals surface area contributed by atoms with E-state index in [0.717, 1.165) is 10.6 Å². The second-order valence-electron chi connectivity index (χ2n) is 3.34. The molecule has 18 heavy (non-hydrogen) atoms. The van der Waals surface area contributed by atoms with Crippen LogP contribution in [0.2, 0.25) is 0 Å². The third kappa shape index (κ3) is 2.15. The van der Waals surface area contributed by atoms with Crippen LogP contribution in [-0.4, -0.2) is 26.1 Å². The van der Waals surface area contributed by atoms with Crippen LogP contribution < -0.4 is 5.32 Å². The number of nitrogens with one attached hydrogen (secondary N) is 2. The fraction of sp³-hybridized carbons (Fsp3) is 0. The summed E-state index contributed by atoms with van der Waals surface area (Å²) >= 11 is 3.04. The van der Waals surface area contributed by atoms with E-state index in [1.54, 1.807) is 16.7 Å². The lowest BCUT2D eigenvalue weighted by Gasteiger charge is -1.96. The molecule has 1 amide bonds. The summed E-state index contributed by atoms with van der Waals surface area (Å²) in [6.07, 6.45) is 1.33. The summed E-state index contributed by atoms with van der Waals surface area (Å²) in [4.78, 5) is 19.9. The van der Waals surface area contributed by atoms with E-state index in [9.17, 15) is 4.79 Å². The number of nitrogens with zero attached hydrogens (tertiary/aromatic N) is 3. The SMILES string of the molecule is O=C(Nc1ncn[nH]1)c1csc(-c2ccsc2)n1. The van der Waals surface area contributed by atoms with E-state index < -0.39 is 0 Å². The van der Waals surface area contributed by atoms with Gasteiger partial charge in [-0.15, -0.1) is 11.3 Å².